The molecule has 38 heavy (non-hydrogen) atoms. The lowest BCUT2D eigenvalue weighted by atomic mass is 9.86. The monoisotopic (exact) mass is 519 g/mol. The summed E-state index contributed by atoms with van der Waals surface area (Å²) in [5.74, 6) is -1.33. The highest BCUT2D eigenvalue weighted by molar-refractivity contribution is 5.96. The highest BCUT2D eigenvalue weighted by Crippen LogP contribution is 2.43. The van der Waals surface area contributed by atoms with Gasteiger partial charge in [-0.2, -0.15) is 0 Å². The molecule has 2 unspecified atom stereocenters. The summed E-state index contributed by atoms with van der Waals surface area (Å²) in [7, 11) is 0. The number of aromatic hydroxyl groups is 1. The second-order valence-corrected chi connectivity index (χ2v) is 10.6. The summed E-state index contributed by atoms with van der Waals surface area (Å²) in [5.41, 5.74) is 1.68. The highest BCUT2D eigenvalue weighted by Gasteiger charge is 2.47. The van der Waals surface area contributed by atoms with E-state index in [0.717, 1.165) is 25.7 Å². The lowest BCUT2D eigenvalue weighted by Crippen LogP contribution is -2.64. The summed E-state index contributed by atoms with van der Waals surface area (Å²) in [5, 5.41) is 12.8. The maximum Gasteiger partial charge on any atom is 0.278 e. The third kappa shape index (κ3) is 3.80. The Morgan fingerprint density at radius 3 is 2.26 bits per heavy atom. The van der Waals surface area contributed by atoms with Gasteiger partial charge in [-0.3, -0.25) is 19.3 Å². The van der Waals surface area contributed by atoms with Crippen molar-refractivity contribution in [1.82, 2.24) is 9.58 Å². The van der Waals surface area contributed by atoms with Gasteiger partial charge in [0, 0.05) is 18.8 Å². The van der Waals surface area contributed by atoms with Crippen molar-refractivity contribution in [3.63, 3.8) is 0 Å². The summed E-state index contributed by atoms with van der Waals surface area (Å²) < 4.78 is 32.1. The van der Waals surface area contributed by atoms with Crippen LogP contribution < -0.4 is 10.4 Å². The highest BCUT2D eigenvalue weighted by atomic mass is 19.1. The number of halogens is 2. The van der Waals surface area contributed by atoms with E-state index in [4.69, 9.17) is 0 Å². The van der Waals surface area contributed by atoms with Crippen molar-refractivity contribution in [3.05, 3.63) is 98.5 Å². The molecule has 3 aromatic rings. The number of carbonyl (C=O) groups is 1. The largest absolute Gasteiger partial charge is 0.502 e. The number of carbonyl (C=O) groups excluding carboxylic acids is 1. The second-order valence-electron chi connectivity index (χ2n) is 10.6. The number of pyridine rings is 1. The van der Waals surface area contributed by atoms with Crippen molar-refractivity contribution in [3.8, 4) is 5.75 Å². The van der Waals surface area contributed by atoms with Crippen LogP contribution >= 0.6 is 0 Å². The fourth-order valence-electron chi connectivity index (χ4n) is 6.63. The van der Waals surface area contributed by atoms with Gasteiger partial charge < -0.3 is 10.0 Å². The Labute approximate surface area is 220 Å². The molecule has 198 valence electrons. The van der Waals surface area contributed by atoms with E-state index < -0.39 is 29.3 Å². The molecule has 0 radical (unpaired) electrons. The molecule has 1 aliphatic carbocycles. The van der Waals surface area contributed by atoms with E-state index in [2.05, 4.69) is 6.92 Å². The first-order valence-electron chi connectivity index (χ1n) is 13.5. The topological polar surface area (TPSA) is 65.8 Å². The number of unbranched alkanes of at least 4 members (excludes halogenated alkanes) is 1. The van der Waals surface area contributed by atoms with Crippen LogP contribution in [-0.2, 0) is 12.8 Å². The molecule has 1 fully saturated rings. The predicted molar refractivity (Wildman–Crippen MR) is 140 cm³/mol. The number of aromatic nitrogens is 1. The Balaban J connectivity index is 1.62. The van der Waals surface area contributed by atoms with E-state index in [0.29, 0.717) is 54.0 Å². The van der Waals surface area contributed by atoms with E-state index in [1.807, 2.05) is 17.1 Å². The van der Waals surface area contributed by atoms with Crippen LogP contribution in [0.25, 0.3) is 0 Å². The number of rotatable bonds is 4. The van der Waals surface area contributed by atoms with Gasteiger partial charge in [0.2, 0.25) is 5.43 Å². The minimum absolute atomic E-state index is 0.110. The van der Waals surface area contributed by atoms with Crippen molar-refractivity contribution >= 4 is 5.91 Å². The number of piperidine rings is 1. The van der Waals surface area contributed by atoms with Crippen LogP contribution in [-0.4, -0.2) is 33.3 Å². The normalized spacial score (nSPS) is 20.9. The SMILES string of the molecule is CCCCC1CCN2C(=O)c3c(O)c(=O)ccn3N(C3c4cccc(F)c4CCc4c(F)cccc43)C2C1. The van der Waals surface area contributed by atoms with Crippen LogP contribution in [0.1, 0.15) is 77.8 Å². The quantitative estimate of drug-likeness (QED) is 0.525. The summed E-state index contributed by atoms with van der Waals surface area (Å²) in [6.45, 7) is 2.64. The predicted octanol–water partition coefficient (Wildman–Crippen LogP) is 5.04. The maximum absolute atomic E-state index is 15.3. The Morgan fingerprint density at radius 1 is 0.974 bits per heavy atom. The third-order valence-electron chi connectivity index (χ3n) is 8.51. The van der Waals surface area contributed by atoms with Crippen LogP contribution in [0.3, 0.4) is 0 Å². The number of amides is 1. The van der Waals surface area contributed by atoms with Gasteiger partial charge in [-0.1, -0.05) is 50.5 Å². The molecule has 2 aliphatic heterocycles. The molecule has 6 nitrogen and oxygen atoms in total. The number of hydrogen-bond donors (Lipinski definition) is 1. The van der Waals surface area contributed by atoms with Crippen molar-refractivity contribution in [2.45, 2.75) is 64.1 Å². The summed E-state index contributed by atoms with van der Waals surface area (Å²) >= 11 is 0. The summed E-state index contributed by atoms with van der Waals surface area (Å²) in [6.07, 6.45) is 6.48. The zero-order valence-electron chi connectivity index (χ0n) is 21.4. The molecule has 1 saturated heterocycles. The third-order valence-corrected chi connectivity index (χ3v) is 8.51. The minimum atomic E-state index is -0.639. The molecule has 1 amide bonds. The van der Waals surface area contributed by atoms with E-state index in [-0.39, 0.29) is 17.3 Å². The summed E-state index contributed by atoms with van der Waals surface area (Å²) in [4.78, 5) is 27.9. The molecule has 8 heteroatoms. The van der Waals surface area contributed by atoms with E-state index >= 15 is 8.78 Å². The van der Waals surface area contributed by atoms with Gasteiger partial charge >= 0.3 is 0 Å². The first-order valence-corrected chi connectivity index (χ1v) is 13.5. The van der Waals surface area contributed by atoms with Gasteiger partial charge in [-0.05, 0) is 66.0 Å². The average Bonchev–Trinajstić information content (AvgIpc) is 3.08. The van der Waals surface area contributed by atoms with E-state index in [9.17, 15) is 14.7 Å². The Bertz CT molecular complexity index is 1420. The maximum atomic E-state index is 15.3. The number of benzene rings is 2. The van der Waals surface area contributed by atoms with Crippen LogP contribution in [0, 0.1) is 17.6 Å². The van der Waals surface area contributed by atoms with E-state index in [1.165, 1.54) is 24.4 Å². The minimum Gasteiger partial charge on any atom is -0.502 e. The van der Waals surface area contributed by atoms with Crippen molar-refractivity contribution in [1.29, 1.82) is 0 Å². The van der Waals surface area contributed by atoms with Gasteiger partial charge in [-0.25, -0.2) is 8.78 Å². The molecular formula is C30H31F2N3O3. The fraction of sp³-hybridized carbons (Fsp3) is 0.400. The van der Waals surface area contributed by atoms with Crippen molar-refractivity contribution in [2.75, 3.05) is 11.6 Å². The lowest BCUT2D eigenvalue weighted by Gasteiger charge is -2.53. The van der Waals surface area contributed by atoms with Crippen molar-refractivity contribution in [2.24, 2.45) is 5.92 Å². The number of nitrogens with zero attached hydrogens (tertiary/aromatic N) is 3. The molecule has 1 aromatic heterocycles. The molecule has 1 N–H and O–H groups in total. The molecular weight excluding hydrogens is 488 g/mol. The first kappa shape index (κ1) is 24.6. The first-order chi connectivity index (χ1) is 18.4. The van der Waals surface area contributed by atoms with Gasteiger partial charge in [0.25, 0.3) is 5.91 Å². The summed E-state index contributed by atoms with van der Waals surface area (Å²) in [6, 6.07) is 10.5. The Hall–Kier alpha value is -3.68. The number of fused-ring (bicyclic) bond motifs is 4. The molecule has 2 aromatic carbocycles. The van der Waals surface area contributed by atoms with Gasteiger partial charge in [0.1, 0.15) is 17.8 Å². The molecule has 0 spiro atoms. The fourth-order valence-corrected chi connectivity index (χ4v) is 6.63. The van der Waals surface area contributed by atoms with Gasteiger partial charge in [-0.15, -0.1) is 0 Å². The molecule has 6 rings (SSSR count). The molecule has 3 aliphatic rings. The van der Waals surface area contributed by atoms with Crippen LogP contribution in [0.5, 0.6) is 5.75 Å². The Kier molecular flexibility index (Phi) is 6.20. The van der Waals surface area contributed by atoms with Crippen LogP contribution in [0.4, 0.5) is 8.78 Å². The molecule has 0 bridgehead atoms. The smallest absolute Gasteiger partial charge is 0.278 e. The lowest BCUT2D eigenvalue weighted by molar-refractivity contribution is 0.0367. The molecule has 0 saturated carbocycles. The zero-order valence-corrected chi connectivity index (χ0v) is 21.4. The molecule has 3 heterocycles. The van der Waals surface area contributed by atoms with Gasteiger partial charge in [0.15, 0.2) is 11.4 Å². The average molecular weight is 520 g/mol. The molecule has 2 atom stereocenters. The standard InChI is InChI=1S/C30H31F2N3O3/c1-2-3-6-18-13-15-33-26(17-18)35(34-16-14-25(36)29(37)28(34)30(33)38)27-21-7-4-9-23(31)19(21)11-12-20-22(27)8-5-10-24(20)32/h4-5,7-10,14,16,18,26-27,37H,2-3,6,11-13,15,17H2,1H3. The van der Waals surface area contributed by atoms with Crippen LogP contribution in [0.2, 0.25) is 0 Å². The number of hydrogen-bond acceptors (Lipinski definition) is 4. The van der Waals surface area contributed by atoms with E-state index in [1.54, 1.807) is 21.7 Å². The van der Waals surface area contributed by atoms with Crippen LogP contribution in [0.15, 0.2) is 53.5 Å². The Morgan fingerprint density at radius 2 is 1.63 bits per heavy atom. The zero-order chi connectivity index (χ0) is 26.6. The van der Waals surface area contributed by atoms with Crippen molar-refractivity contribution < 1.29 is 18.7 Å². The van der Waals surface area contributed by atoms with Gasteiger partial charge in [0.05, 0.1) is 6.04 Å². The second kappa shape index (κ2) is 9.57.